The van der Waals surface area contributed by atoms with Crippen LogP contribution in [-0.4, -0.2) is 71.7 Å². The molecule has 1 amide bonds. The van der Waals surface area contributed by atoms with Crippen molar-refractivity contribution in [1.29, 1.82) is 0 Å². The maximum atomic E-state index is 13.0. The predicted octanol–water partition coefficient (Wildman–Crippen LogP) is 3.05. The van der Waals surface area contributed by atoms with Crippen molar-refractivity contribution in [3.8, 4) is 0 Å². The molecule has 8 heteroatoms. The zero-order valence-corrected chi connectivity index (χ0v) is 20.5. The summed E-state index contributed by atoms with van der Waals surface area (Å²) in [7, 11) is 0. The van der Waals surface area contributed by atoms with Crippen molar-refractivity contribution in [2.45, 2.75) is 62.9 Å². The largest absolute Gasteiger partial charge is 0.379 e. The third kappa shape index (κ3) is 4.49. The molecular formula is C27H36N6O2. The molecule has 0 radical (unpaired) electrons. The topological polar surface area (TPSA) is 82.6 Å². The number of benzene rings is 1. The highest BCUT2D eigenvalue weighted by molar-refractivity contribution is 5.94. The van der Waals surface area contributed by atoms with Crippen LogP contribution in [0.15, 0.2) is 30.5 Å². The predicted molar refractivity (Wildman–Crippen MR) is 136 cm³/mol. The number of carbonyl (C=O) groups is 1. The van der Waals surface area contributed by atoms with Crippen LogP contribution in [0.1, 0.15) is 49.7 Å². The Balaban J connectivity index is 1.13. The molecule has 4 heterocycles. The minimum atomic E-state index is -0.479. The van der Waals surface area contributed by atoms with E-state index in [0.29, 0.717) is 18.4 Å². The number of aromatic nitrogens is 2. The summed E-state index contributed by atoms with van der Waals surface area (Å²) in [5.74, 6) is 1.70. The van der Waals surface area contributed by atoms with Gasteiger partial charge in [-0.3, -0.25) is 9.69 Å². The Morgan fingerprint density at radius 1 is 1.14 bits per heavy atom. The van der Waals surface area contributed by atoms with E-state index in [0.717, 1.165) is 88.6 Å². The molecule has 3 fully saturated rings. The van der Waals surface area contributed by atoms with Crippen molar-refractivity contribution in [2.75, 3.05) is 49.6 Å². The van der Waals surface area contributed by atoms with Gasteiger partial charge in [-0.1, -0.05) is 25.0 Å². The average molecular weight is 477 g/mol. The number of aryl methyl sites for hydroxylation is 1. The molecule has 2 N–H and O–H groups in total. The van der Waals surface area contributed by atoms with E-state index in [2.05, 4.69) is 49.7 Å². The van der Waals surface area contributed by atoms with Gasteiger partial charge in [-0.05, 0) is 56.3 Å². The zero-order valence-electron chi connectivity index (χ0n) is 20.5. The number of carbonyl (C=O) groups excluding carboxylic acids is 1. The van der Waals surface area contributed by atoms with Crippen molar-refractivity contribution in [1.82, 2.24) is 20.2 Å². The van der Waals surface area contributed by atoms with E-state index >= 15 is 0 Å². The second-order valence-corrected chi connectivity index (χ2v) is 10.4. The minimum absolute atomic E-state index is 0.154. The van der Waals surface area contributed by atoms with Crippen LogP contribution in [0.3, 0.4) is 0 Å². The maximum Gasteiger partial charge on any atom is 0.246 e. The van der Waals surface area contributed by atoms with E-state index in [9.17, 15) is 4.79 Å². The number of anilines is 3. The number of rotatable bonds is 7. The Kier molecular flexibility index (Phi) is 6.33. The van der Waals surface area contributed by atoms with Crippen LogP contribution in [0.2, 0.25) is 0 Å². The molecule has 1 spiro atoms. The van der Waals surface area contributed by atoms with Crippen molar-refractivity contribution in [3.63, 3.8) is 0 Å². The van der Waals surface area contributed by atoms with Crippen LogP contribution in [-0.2, 0) is 22.4 Å². The van der Waals surface area contributed by atoms with Gasteiger partial charge >= 0.3 is 0 Å². The molecule has 6 rings (SSSR count). The van der Waals surface area contributed by atoms with Gasteiger partial charge in [0.15, 0.2) is 0 Å². The summed E-state index contributed by atoms with van der Waals surface area (Å²) in [6, 6.07) is 9.00. The fourth-order valence-electron chi connectivity index (χ4n) is 6.35. The lowest BCUT2D eigenvalue weighted by molar-refractivity contribution is -0.123. The number of morpholine rings is 1. The number of fused-ring (bicyclic) bond motifs is 1. The van der Waals surface area contributed by atoms with Gasteiger partial charge in [0, 0.05) is 49.5 Å². The summed E-state index contributed by atoms with van der Waals surface area (Å²) in [4.78, 5) is 27.4. The van der Waals surface area contributed by atoms with Gasteiger partial charge in [0.1, 0.15) is 11.4 Å². The van der Waals surface area contributed by atoms with Crippen molar-refractivity contribution >= 4 is 23.4 Å². The standard InChI is InChI=1S/C27H36N6O2/c34-25-27(11-12-28-25)18-21-19-29-26(31-24(21)33(27)23-5-1-2-6-23)30-22-9-7-20(8-10-22)4-3-13-32-14-16-35-17-15-32/h7-10,19,23H,1-6,11-18H2,(H,28,34)(H,29,30,31). The average Bonchev–Trinajstić information content (AvgIpc) is 3.60. The molecule has 1 aromatic carbocycles. The maximum absolute atomic E-state index is 13.0. The van der Waals surface area contributed by atoms with Gasteiger partial charge in [0.05, 0.1) is 13.2 Å². The smallest absolute Gasteiger partial charge is 0.246 e. The fourth-order valence-corrected chi connectivity index (χ4v) is 6.35. The highest BCUT2D eigenvalue weighted by Crippen LogP contribution is 2.46. The molecule has 1 atom stereocenters. The highest BCUT2D eigenvalue weighted by atomic mass is 16.5. The molecule has 186 valence electrons. The summed E-state index contributed by atoms with van der Waals surface area (Å²) in [6.07, 6.45) is 10.4. The van der Waals surface area contributed by atoms with Crippen LogP contribution in [0.25, 0.3) is 0 Å². The van der Waals surface area contributed by atoms with Crippen LogP contribution in [0, 0.1) is 0 Å². The van der Waals surface area contributed by atoms with Crippen LogP contribution < -0.4 is 15.5 Å². The van der Waals surface area contributed by atoms with Gasteiger partial charge in [-0.25, -0.2) is 4.98 Å². The molecule has 35 heavy (non-hydrogen) atoms. The zero-order chi connectivity index (χ0) is 23.7. The quantitative estimate of drug-likeness (QED) is 0.636. The van der Waals surface area contributed by atoms with E-state index in [1.165, 1.54) is 18.4 Å². The van der Waals surface area contributed by atoms with Crippen molar-refractivity contribution in [2.24, 2.45) is 0 Å². The van der Waals surface area contributed by atoms with Crippen LogP contribution in [0.5, 0.6) is 0 Å². The van der Waals surface area contributed by atoms with Gasteiger partial charge in [-0.15, -0.1) is 0 Å². The summed E-state index contributed by atoms with van der Waals surface area (Å²) in [5, 5.41) is 6.48. The normalized spacial score (nSPS) is 24.8. The Morgan fingerprint density at radius 2 is 1.94 bits per heavy atom. The second kappa shape index (κ2) is 9.74. The summed E-state index contributed by atoms with van der Waals surface area (Å²) >= 11 is 0. The third-order valence-corrected chi connectivity index (χ3v) is 8.20. The summed E-state index contributed by atoms with van der Waals surface area (Å²) in [6.45, 7) is 5.69. The Morgan fingerprint density at radius 3 is 2.69 bits per heavy atom. The Bertz CT molecular complexity index is 1050. The fraction of sp³-hybridized carbons (Fsp3) is 0.593. The van der Waals surface area contributed by atoms with E-state index < -0.39 is 5.54 Å². The van der Waals surface area contributed by atoms with Crippen molar-refractivity contribution < 1.29 is 9.53 Å². The molecule has 4 aliphatic rings. The first-order valence-electron chi connectivity index (χ1n) is 13.3. The first-order valence-corrected chi connectivity index (χ1v) is 13.3. The van der Waals surface area contributed by atoms with E-state index in [1.54, 1.807) is 0 Å². The van der Waals surface area contributed by atoms with E-state index in [4.69, 9.17) is 9.72 Å². The summed E-state index contributed by atoms with van der Waals surface area (Å²) < 4.78 is 5.43. The number of ether oxygens (including phenoxy) is 1. The molecular weight excluding hydrogens is 440 g/mol. The number of hydrogen-bond donors (Lipinski definition) is 2. The van der Waals surface area contributed by atoms with Gasteiger partial charge in [0.25, 0.3) is 0 Å². The SMILES string of the molecule is O=C1NCCC12Cc1cnc(Nc3ccc(CCCN4CCOCC4)cc3)nc1N2C1CCCC1. The number of amides is 1. The Labute approximate surface area is 207 Å². The molecule has 2 saturated heterocycles. The molecule has 1 unspecified atom stereocenters. The van der Waals surface area contributed by atoms with Crippen LogP contribution >= 0.6 is 0 Å². The van der Waals surface area contributed by atoms with Crippen LogP contribution in [0.4, 0.5) is 17.5 Å². The molecule has 8 nitrogen and oxygen atoms in total. The minimum Gasteiger partial charge on any atom is -0.379 e. The molecule has 1 aliphatic carbocycles. The Hall–Kier alpha value is -2.71. The highest BCUT2D eigenvalue weighted by Gasteiger charge is 2.55. The molecule has 0 bridgehead atoms. The first-order chi connectivity index (χ1) is 17.2. The van der Waals surface area contributed by atoms with E-state index in [-0.39, 0.29) is 5.91 Å². The first kappa shape index (κ1) is 22.7. The number of nitrogens with one attached hydrogen (secondary N) is 2. The number of nitrogens with zero attached hydrogens (tertiary/aromatic N) is 4. The third-order valence-electron chi connectivity index (χ3n) is 8.20. The molecule has 3 aliphatic heterocycles. The molecule has 1 saturated carbocycles. The van der Waals surface area contributed by atoms with Gasteiger partial charge < -0.3 is 20.3 Å². The lowest BCUT2D eigenvalue weighted by atomic mass is 9.91. The lowest BCUT2D eigenvalue weighted by Crippen LogP contribution is -2.56. The summed E-state index contributed by atoms with van der Waals surface area (Å²) in [5.41, 5.74) is 2.95. The van der Waals surface area contributed by atoms with E-state index in [1.807, 2.05) is 6.20 Å². The van der Waals surface area contributed by atoms with Crippen molar-refractivity contribution in [3.05, 3.63) is 41.6 Å². The monoisotopic (exact) mass is 476 g/mol. The molecule has 2 aromatic rings. The number of hydrogen-bond acceptors (Lipinski definition) is 7. The van der Waals surface area contributed by atoms with Gasteiger partial charge in [-0.2, -0.15) is 4.98 Å². The second-order valence-electron chi connectivity index (χ2n) is 10.4. The molecule has 1 aromatic heterocycles. The lowest BCUT2D eigenvalue weighted by Gasteiger charge is -2.38. The van der Waals surface area contributed by atoms with Gasteiger partial charge in [0.2, 0.25) is 11.9 Å².